The first-order chi connectivity index (χ1) is 10.0. The molecule has 0 saturated heterocycles. The Balaban J connectivity index is 2.55. The summed E-state index contributed by atoms with van der Waals surface area (Å²) in [7, 11) is 0. The van der Waals surface area contributed by atoms with Gasteiger partial charge in [-0.2, -0.15) is 5.10 Å². The minimum atomic E-state index is -0.619. The molecule has 0 fully saturated rings. The van der Waals surface area contributed by atoms with Gasteiger partial charge in [0.15, 0.2) is 0 Å². The first kappa shape index (κ1) is 16.0. The van der Waals surface area contributed by atoms with Crippen LogP contribution < -0.4 is 10.7 Å². The number of carbonyl (C=O) groups excluding carboxylic acids is 2. The number of nitrogens with zero attached hydrogens (tertiary/aromatic N) is 2. The maximum absolute atomic E-state index is 11.4. The lowest BCUT2D eigenvalue weighted by Gasteiger charge is -2.01. The summed E-state index contributed by atoms with van der Waals surface area (Å²) >= 11 is 0. The maximum Gasteiger partial charge on any atom is 0.278 e. The minimum absolute atomic E-state index is 0.126. The van der Waals surface area contributed by atoms with Gasteiger partial charge < -0.3 is 5.32 Å². The lowest BCUT2D eigenvalue weighted by molar-refractivity contribution is -0.385. The molecule has 0 spiro atoms. The highest BCUT2D eigenvalue weighted by atomic mass is 16.6. The van der Waals surface area contributed by atoms with Crippen molar-refractivity contribution in [1.82, 2.24) is 10.7 Å². The first-order valence-electron chi connectivity index (χ1n) is 5.97. The van der Waals surface area contributed by atoms with Crippen molar-refractivity contribution in [3.8, 4) is 0 Å². The van der Waals surface area contributed by atoms with E-state index in [-0.39, 0.29) is 24.2 Å². The molecule has 0 radical (unpaired) electrons. The second-order valence-electron chi connectivity index (χ2n) is 3.88. The largest absolute Gasteiger partial charge is 0.352 e. The standard InChI is InChI=1S/C13H14N4O4/c1-2-7-14-12(18)8-13(19)16-15-9-10-5-3-4-6-11(10)17(20)21/h2-6,9H,1,7-8H2,(H,14,18)(H,16,19)/b15-9+. The molecule has 2 N–H and O–H groups in total. The van der Waals surface area contributed by atoms with E-state index in [2.05, 4.69) is 22.4 Å². The Hall–Kier alpha value is -3.03. The average Bonchev–Trinajstić information content (AvgIpc) is 2.45. The van der Waals surface area contributed by atoms with E-state index in [0.717, 1.165) is 6.21 Å². The van der Waals surface area contributed by atoms with E-state index >= 15 is 0 Å². The molecule has 110 valence electrons. The van der Waals surface area contributed by atoms with Crippen LogP contribution in [0, 0.1) is 10.1 Å². The third-order valence-electron chi connectivity index (χ3n) is 2.29. The van der Waals surface area contributed by atoms with Crippen LogP contribution in [0.15, 0.2) is 42.0 Å². The molecule has 0 atom stereocenters. The number of carbonyl (C=O) groups is 2. The van der Waals surface area contributed by atoms with Crippen LogP contribution >= 0.6 is 0 Å². The number of amides is 2. The number of benzene rings is 1. The molecule has 0 heterocycles. The highest BCUT2D eigenvalue weighted by Gasteiger charge is 2.10. The Morgan fingerprint density at radius 1 is 1.33 bits per heavy atom. The van der Waals surface area contributed by atoms with Gasteiger partial charge in [-0.05, 0) is 6.07 Å². The Labute approximate surface area is 120 Å². The highest BCUT2D eigenvalue weighted by molar-refractivity contribution is 5.97. The van der Waals surface area contributed by atoms with E-state index in [1.54, 1.807) is 6.07 Å². The molecular weight excluding hydrogens is 276 g/mol. The van der Waals surface area contributed by atoms with Gasteiger partial charge in [0.25, 0.3) is 5.69 Å². The van der Waals surface area contributed by atoms with E-state index in [1.807, 2.05) is 0 Å². The molecule has 1 aromatic rings. The molecule has 1 aromatic carbocycles. The van der Waals surface area contributed by atoms with Crippen molar-refractivity contribution in [2.75, 3.05) is 6.54 Å². The highest BCUT2D eigenvalue weighted by Crippen LogP contribution is 2.14. The van der Waals surface area contributed by atoms with Crippen LogP contribution in [0.4, 0.5) is 5.69 Å². The molecule has 1 rings (SSSR count). The van der Waals surface area contributed by atoms with Crippen molar-refractivity contribution < 1.29 is 14.5 Å². The van der Waals surface area contributed by atoms with E-state index in [1.165, 1.54) is 24.3 Å². The monoisotopic (exact) mass is 290 g/mol. The molecule has 2 amide bonds. The summed E-state index contributed by atoms with van der Waals surface area (Å²) in [5, 5.41) is 16.8. The summed E-state index contributed by atoms with van der Waals surface area (Å²) in [6.45, 7) is 3.69. The lowest BCUT2D eigenvalue weighted by Crippen LogP contribution is -2.29. The fourth-order valence-electron chi connectivity index (χ4n) is 1.37. The number of para-hydroxylation sites is 1. The summed E-state index contributed by atoms with van der Waals surface area (Å²) in [6, 6.07) is 5.95. The van der Waals surface area contributed by atoms with Crippen molar-refractivity contribution in [2.45, 2.75) is 6.42 Å². The second-order valence-corrected chi connectivity index (χ2v) is 3.88. The molecule has 0 aliphatic heterocycles. The summed E-state index contributed by atoms with van der Waals surface area (Å²) in [4.78, 5) is 32.8. The Kier molecular flexibility index (Phi) is 6.26. The van der Waals surface area contributed by atoms with Crippen LogP contribution in [0.2, 0.25) is 0 Å². The topological polar surface area (TPSA) is 114 Å². The molecule has 8 nitrogen and oxygen atoms in total. The number of hydrazone groups is 1. The zero-order valence-corrected chi connectivity index (χ0v) is 11.1. The van der Waals surface area contributed by atoms with Crippen LogP contribution in [-0.4, -0.2) is 29.5 Å². The molecule has 0 aliphatic rings. The number of rotatable bonds is 7. The maximum atomic E-state index is 11.4. The van der Waals surface area contributed by atoms with Gasteiger partial charge in [-0.3, -0.25) is 19.7 Å². The number of nitro groups is 1. The number of hydrogen-bond donors (Lipinski definition) is 2. The molecular formula is C13H14N4O4. The molecule has 0 saturated carbocycles. The van der Waals surface area contributed by atoms with Crippen molar-refractivity contribution in [3.05, 3.63) is 52.6 Å². The van der Waals surface area contributed by atoms with E-state index in [4.69, 9.17) is 0 Å². The Morgan fingerprint density at radius 3 is 2.71 bits per heavy atom. The van der Waals surface area contributed by atoms with Crippen LogP contribution in [0.25, 0.3) is 0 Å². The van der Waals surface area contributed by atoms with Gasteiger partial charge in [0.05, 0.1) is 16.7 Å². The van der Waals surface area contributed by atoms with Crippen LogP contribution in [0.1, 0.15) is 12.0 Å². The lowest BCUT2D eigenvalue weighted by atomic mass is 10.2. The van der Waals surface area contributed by atoms with Crippen LogP contribution in [-0.2, 0) is 9.59 Å². The number of nitrogens with one attached hydrogen (secondary N) is 2. The second kappa shape index (κ2) is 8.20. The van der Waals surface area contributed by atoms with E-state index < -0.39 is 16.7 Å². The third kappa shape index (κ3) is 5.64. The van der Waals surface area contributed by atoms with Gasteiger partial charge in [-0.25, -0.2) is 5.43 Å². The molecule has 8 heteroatoms. The van der Waals surface area contributed by atoms with Crippen molar-refractivity contribution in [3.63, 3.8) is 0 Å². The molecule has 21 heavy (non-hydrogen) atoms. The van der Waals surface area contributed by atoms with E-state index in [0.29, 0.717) is 0 Å². The van der Waals surface area contributed by atoms with Gasteiger partial charge in [-0.15, -0.1) is 6.58 Å². The SMILES string of the molecule is C=CCNC(=O)CC(=O)N/N=C/c1ccccc1[N+](=O)[O-]. The summed E-state index contributed by atoms with van der Waals surface area (Å²) < 4.78 is 0. The fourth-order valence-corrected chi connectivity index (χ4v) is 1.37. The summed E-state index contributed by atoms with van der Waals surface area (Å²) in [5.41, 5.74) is 2.25. The van der Waals surface area contributed by atoms with E-state index in [9.17, 15) is 19.7 Å². The summed E-state index contributed by atoms with van der Waals surface area (Å²) in [6.07, 6.45) is 2.25. The predicted octanol–water partition coefficient (Wildman–Crippen LogP) is 0.737. The predicted molar refractivity (Wildman–Crippen MR) is 76.7 cm³/mol. The molecule has 0 bridgehead atoms. The Morgan fingerprint density at radius 2 is 2.05 bits per heavy atom. The zero-order chi connectivity index (χ0) is 15.7. The van der Waals surface area contributed by atoms with Crippen molar-refractivity contribution >= 4 is 23.7 Å². The summed E-state index contributed by atoms with van der Waals surface area (Å²) in [5.74, 6) is -1.08. The van der Waals surface area contributed by atoms with Crippen LogP contribution in [0.5, 0.6) is 0 Å². The normalized spacial score (nSPS) is 10.1. The molecule has 0 aromatic heterocycles. The van der Waals surface area contributed by atoms with Gasteiger partial charge >= 0.3 is 0 Å². The quantitative estimate of drug-likeness (QED) is 0.253. The molecule has 0 unspecified atom stereocenters. The van der Waals surface area contributed by atoms with Gasteiger partial charge in [0.2, 0.25) is 11.8 Å². The van der Waals surface area contributed by atoms with Gasteiger partial charge in [-0.1, -0.05) is 18.2 Å². The van der Waals surface area contributed by atoms with Crippen LogP contribution in [0.3, 0.4) is 0 Å². The fraction of sp³-hybridized carbons (Fsp3) is 0.154. The smallest absolute Gasteiger partial charge is 0.278 e. The first-order valence-corrected chi connectivity index (χ1v) is 5.97. The third-order valence-corrected chi connectivity index (χ3v) is 2.29. The van der Waals surface area contributed by atoms with Gasteiger partial charge in [0.1, 0.15) is 6.42 Å². The number of hydrogen-bond acceptors (Lipinski definition) is 5. The Bertz CT molecular complexity index is 583. The average molecular weight is 290 g/mol. The van der Waals surface area contributed by atoms with Crippen molar-refractivity contribution in [2.24, 2.45) is 5.10 Å². The number of nitro benzene ring substituents is 1. The molecule has 0 aliphatic carbocycles. The minimum Gasteiger partial charge on any atom is -0.352 e. The van der Waals surface area contributed by atoms with Crippen molar-refractivity contribution in [1.29, 1.82) is 0 Å². The van der Waals surface area contributed by atoms with Gasteiger partial charge in [0, 0.05) is 12.6 Å². The zero-order valence-electron chi connectivity index (χ0n) is 11.1.